The minimum Gasteiger partial charge on any atom is -0.462 e. The summed E-state index contributed by atoms with van der Waals surface area (Å²) in [5, 5.41) is 0. The summed E-state index contributed by atoms with van der Waals surface area (Å²) in [6, 6.07) is 7.00. The molecule has 1 aromatic carbocycles. The van der Waals surface area contributed by atoms with E-state index in [0.717, 1.165) is 12.8 Å². The number of ether oxygens (including phenoxy) is 1. The maximum absolute atomic E-state index is 11.6. The van der Waals surface area contributed by atoms with Crippen LogP contribution in [0.3, 0.4) is 0 Å². The Bertz CT molecular complexity index is 326. The maximum Gasteiger partial charge on any atom is 0.340 e. The zero-order chi connectivity index (χ0) is 11.1. The molecule has 0 atom stereocenters. The van der Waals surface area contributed by atoms with Crippen LogP contribution in [0.5, 0.6) is 0 Å². The van der Waals surface area contributed by atoms with Gasteiger partial charge in [-0.2, -0.15) is 0 Å². The molecule has 3 N–H and O–H groups in total. The Morgan fingerprint density at radius 2 is 2.20 bits per heavy atom. The molecule has 0 spiro atoms. The van der Waals surface area contributed by atoms with E-state index in [1.165, 1.54) is 0 Å². The van der Waals surface area contributed by atoms with Gasteiger partial charge in [0, 0.05) is 0 Å². The second-order valence-corrected chi connectivity index (χ2v) is 3.18. The SMILES string of the molecule is CCCCOC(=O)c1ccccc1NN. The number of benzene rings is 1. The number of nitrogens with one attached hydrogen (secondary N) is 1. The van der Waals surface area contributed by atoms with Gasteiger partial charge in [-0.3, -0.25) is 5.84 Å². The third-order valence-corrected chi connectivity index (χ3v) is 2.03. The Kier molecular flexibility index (Phi) is 4.63. The first-order chi connectivity index (χ1) is 7.29. The number of hydrogen-bond donors (Lipinski definition) is 2. The molecule has 0 unspecified atom stereocenters. The summed E-state index contributed by atoms with van der Waals surface area (Å²) < 4.78 is 5.08. The highest BCUT2D eigenvalue weighted by molar-refractivity contribution is 5.95. The highest BCUT2D eigenvalue weighted by Gasteiger charge is 2.10. The van der Waals surface area contributed by atoms with E-state index >= 15 is 0 Å². The normalized spacial score (nSPS) is 9.73. The molecule has 0 amide bonds. The third-order valence-electron chi connectivity index (χ3n) is 2.03. The van der Waals surface area contributed by atoms with E-state index in [9.17, 15) is 4.79 Å². The van der Waals surface area contributed by atoms with E-state index in [1.807, 2.05) is 6.92 Å². The number of hydrogen-bond acceptors (Lipinski definition) is 4. The van der Waals surface area contributed by atoms with Crippen molar-refractivity contribution in [3.8, 4) is 0 Å². The minimum absolute atomic E-state index is 0.336. The molecule has 4 nitrogen and oxygen atoms in total. The van der Waals surface area contributed by atoms with Crippen LogP contribution in [-0.2, 0) is 4.74 Å². The Labute approximate surface area is 89.4 Å². The Morgan fingerprint density at radius 1 is 1.47 bits per heavy atom. The topological polar surface area (TPSA) is 64.3 Å². The molecule has 0 radical (unpaired) electrons. The molecule has 0 saturated heterocycles. The molecule has 0 heterocycles. The van der Waals surface area contributed by atoms with Gasteiger partial charge in [-0.1, -0.05) is 25.5 Å². The molecule has 0 aromatic heterocycles. The third kappa shape index (κ3) is 3.25. The first-order valence-electron chi connectivity index (χ1n) is 5.02. The van der Waals surface area contributed by atoms with Gasteiger partial charge >= 0.3 is 5.97 Å². The van der Waals surface area contributed by atoms with Crippen LogP contribution in [0.2, 0.25) is 0 Å². The predicted molar refractivity (Wildman–Crippen MR) is 59.4 cm³/mol. The lowest BCUT2D eigenvalue weighted by Gasteiger charge is -2.08. The lowest BCUT2D eigenvalue weighted by molar-refractivity contribution is 0.0501. The second kappa shape index (κ2) is 6.03. The summed E-state index contributed by atoms with van der Waals surface area (Å²) in [6.45, 7) is 2.50. The summed E-state index contributed by atoms with van der Waals surface area (Å²) in [5.41, 5.74) is 3.52. The smallest absolute Gasteiger partial charge is 0.340 e. The first kappa shape index (κ1) is 11.5. The molecular formula is C11H16N2O2. The molecule has 0 aliphatic carbocycles. The molecule has 15 heavy (non-hydrogen) atoms. The zero-order valence-electron chi connectivity index (χ0n) is 8.82. The van der Waals surface area contributed by atoms with Crippen LogP contribution in [0.15, 0.2) is 24.3 Å². The molecule has 1 rings (SSSR count). The van der Waals surface area contributed by atoms with Crippen molar-refractivity contribution >= 4 is 11.7 Å². The average molecular weight is 208 g/mol. The lowest BCUT2D eigenvalue weighted by atomic mass is 10.2. The van der Waals surface area contributed by atoms with E-state index in [2.05, 4.69) is 5.43 Å². The summed E-state index contributed by atoms with van der Waals surface area (Å²) >= 11 is 0. The Balaban J connectivity index is 2.64. The summed E-state index contributed by atoms with van der Waals surface area (Å²) in [7, 11) is 0. The van der Waals surface area contributed by atoms with Crippen molar-refractivity contribution in [1.29, 1.82) is 0 Å². The number of para-hydroxylation sites is 1. The minimum atomic E-state index is -0.336. The van der Waals surface area contributed by atoms with Crippen molar-refractivity contribution < 1.29 is 9.53 Å². The van der Waals surface area contributed by atoms with E-state index in [1.54, 1.807) is 24.3 Å². The number of anilines is 1. The molecule has 0 aliphatic heterocycles. The average Bonchev–Trinajstić information content (AvgIpc) is 2.29. The fraction of sp³-hybridized carbons (Fsp3) is 0.364. The van der Waals surface area contributed by atoms with Gasteiger partial charge in [-0.05, 0) is 18.6 Å². The van der Waals surface area contributed by atoms with E-state index in [0.29, 0.717) is 17.9 Å². The van der Waals surface area contributed by atoms with Crippen molar-refractivity contribution in [2.75, 3.05) is 12.0 Å². The van der Waals surface area contributed by atoms with Gasteiger partial charge in [0.25, 0.3) is 0 Å². The summed E-state index contributed by atoms with van der Waals surface area (Å²) in [5.74, 6) is 4.95. The Hall–Kier alpha value is -1.55. The van der Waals surface area contributed by atoms with Crippen molar-refractivity contribution in [2.45, 2.75) is 19.8 Å². The van der Waals surface area contributed by atoms with Crippen molar-refractivity contribution in [1.82, 2.24) is 0 Å². The molecule has 0 saturated carbocycles. The van der Waals surface area contributed by atoms with Crippen LogP contribution in [0.1, 0.15) is 30.1 Å². The highest BCUT2D eigenvalue weighted by atomic mass is 16.5. The van der Waals surface area contributed by atoms with E-state index in [4.69, 9.17) is 10.6 Å². The number of nitrogen functional groups attached to an aromatic ring is 1. The molecule has 0 fully saturated rings. The van der Waals surface area contributed by atoms with Crippen molar-refractivity contribution in [3.05, 3.63) is 29.8 Å². The monoisotopic (exact) mass is 208 g/mol. The number of rotatable bonds is 5. The van der Waals surface area contributed by atoms with Gasteiger partial charge in [0.1, 0.15) is 0 Å². The number of unbranched alkanes of at least 4 members (excludes halogenated alkanes) is 1. The maximum atomic E-state index is 11.6. The lowest BCUT2D eigenvalue weighted by Crippen LogP contribution is -2.14. The number of hydrazine groups is 1. The van der Waals surface area contributed by atoms with Crippen LogP contribution >= 0.6 is 0 Å². The van der Waals surface area contributed by atoms with Crippen LogP contribution in [0, 0.1) is 0 Å². The van der Waals surface area contributed by atoms with Crippen LogP contribution in [0.25, 0.3) is 0 Å². The highest BCUT2D eigenvalue weighted by Crippen LogP contribution is 2.14. The fourth-order valence-electron chi connectivity index (χ4n) is 1.17. The number of carbonyl (C=O) groups excluding carboxylic acids is 1. The van der Waals surface area contributed by atoms with Gasteiger partial charge in [0.2, 0.25) is 0 Å². The van der Waals surface area contributed by atoms with Crippen molar-refractivity contribution in [2.24, 2.45) is 5.84 Å². The first-order valence-corrected chi connectivity index (χ1v) is 5.02. The zero-order valence-corrected chi connectivity index (χ0v) is 8.82. The Morgan fingerprint density at radius 3 is 2.87 bits per heavy atom. The molecule has 4 heteroatoms. The molecule has 82 valence electrons. The molecule has 1 aromatic rings. The van der Waals surface area contributed by atoms with E-state index in [-0.39, 0.29) is 5.97 Å². The fourth-order valence-corrected chi connectivity index (χ4v) is 1.17. The largest absolute Gasteiger partial charge is 0.462 e. The summed E-state index contributed by atoms with van der Waals surface area (Å²) in [6.07, 6.45) is 1.88. The quantitative estimate of drug-likeness (QED) is 0.336. The van der Waals surface area contributed by atoms with Crippen LogP contribution in [0.4, 0.5) is 5.69 Å². The predicted octanol–water partition coefficient (Wildman–Crippen LogP) is 1.93. The number of nitrogens with two attached hydrogens (primary N) is 1. The second-order valence-electron chi connectivity index (χ2n) is 3.18. The van der Waals surface area contributed by atoms with E-state index < -0.39 is 0 Å². The van der Waals surface area contributed by atoms with Gasteiger partial charge in [0.05, 0.1) is 17.9 Å². The summed E-state index contributed by atoms with van der Waals surface area (Å²) in [4.78, 5) is 11.6. The van der Waals surface area contributed by atoms with Crippen molar-refractivity contribution in [3.63, 3.8) is 0 Å². The van der Waals surface area contributed by atoms with Gasteiger partial charge in [-0.25, -0.2) is 4.79 Å². The molecule has 0 bridgehead atoms. The van der Waals surface area contributed by atoms with Crippen LogP contribution in [-0.4, -0.2) is 12.6 Å². The van der Waals surface area contributed by atoms with Gasteiger partial charge < -0.3 is 10.2 Å². The molecule has 0 aliphatic rings. The number of esters is 1. The van der Waals surface area contributed by atoms with Gasteiger partial charge in [0.15, 0.2) is 0 Å². The van der Waals surface area contributed by atoms with Gasteiger partial charge in [-0.15, -0.1) is 0 Å². The number of carbonyl (C=O) groups is 1. The molecular weight excluding hydrogens is 192 g/mol. The van der Waals surface area contributed by atoms with Crippen LogP contribution < -0.4 is 11.3 Å². The standard InChI is InChI=1S/C11H16N2O2/c1-2-3-8-15-11(14)9-6-4-5-7-10(9)13-12/h4-7,13H,2-3,8,12H2,1H3.